The summed E-state index contributed by atoms with van der Waals surface area (Å²) in [5.41, 5.74) is 8.43. The number of nitrogens with zero attached hydrogens (tertiary/aromatic N) is 5. The molecular formula is C47H35N5OPt-2. The maximum atomic E-state index is 8.26. The van der Waals surface area contributed by atoms with Crippen molar-refractivity contribution >= 4 is 65.8 Å². The van der Waals surface area contributed by atoms with Crippen molar-refractivity contribution in [1.82, 2.24) is 18.7 Å². The summed E-state index contributed by atoms with van der Waals surface area (Å²) in [5.74, 6) is 0.814. The van der Waals surface area contributed by atoms with Gasteiger partial charge in [-0.2, -0.15) is 18.2 Å². The summed E-state index contributed by atoms with van der Waals surface area (Å²) in [5, 5.41) is 4.07. The second kappa shape index (κ2) is 12.9. The van der Waals surface area contributed by atoms with Gasteiger partial charge in [0, 0.05) is 49.1 Å². The Balaban J connectivity index is 0.00000422. The Kier molecular flexibility index (Phi) is 7.26. The third-order valence-corrected chi connectivity index (χ3v) is 10.1. The Bertz CT molecular complexity index is 3250. The third-order valence-electron chi connectivity index (χ3n) is 10.1. The van der Waals surface area contributed by atoms with Crippen LogP contribution in [-0.2, 0) is 33.5 Å². The number of aromatic nitrogens is 5. The van der Waals surface area contributed by atoms with Crippen molar-refractivity contribution in [3.8, 4) is 17.2 Å². The van der Waals surface area contributed by atoms with Crippen LogP contribution < -0.4 is 4.57 Å². The van der Waals surface area contributed by atoms with E-state index in [1.165, 1.54) is 10.1 Å². The van der Waals surface area contributed by atoms with Crippen LogP contribution in [0.25, 0.3) is 83.0 Å². The van der Waals surface area contributed by atoms with Gasteiger partial charge in [0.1, 0.15) is 11.4 Å². The van der Waals surface area contributed by atoms with Gasteiger partial charge in [-0.15, -0.1) is 23.6 Å². The van der Waals surface area contributed by atoms with E-state index in [2.05, 4.69) is 115 Å². The normalized spacial score (nSPS) is 13.0. The maximum Gasteiger partial charge on any atom is 0.242 e. The SMILES string of the molecule is [2H]C([2H])([2H])[n+]1[c-]n(-c2[c-]c3c(cc2)oc2ccccc2c2ccccc2n3-c2[c-]c3c(cc2)c2ccccc2n3-c2cc(C(C)(C)C)ccn2)c2ccccc21.[Pt]. The largest absolute Gasteiger partial charge is 0.514 e. The van der Waals surface area contributed by atoms with Crippen molar-refractivity contribution in [2.24, 2.45) is 6.98 Å². The number of hydrogen-bond acceptors (Lipinski definition) is 2. The van der Waals surface area contributed by atoms with Gasteiger partial charge in [0.15, 0.2) is 0 Å². The summed E-state index contributed by atoms with van der Waals surface area (Å²) in [6.07, 6.45) is 5.00. The molecule has 0 amide bonds. The molecule has 54 heavy (non-hydrogen) atoms. The van der Waals surface area contributed by atoms with Crippen LogP contribution in [0.15, 0.2) is 144 Å². The first-order valence-electron chi connectivity index (χ1n) is 19.2. The second-order valence-corrected chi connectivity index (χ2v) is 14.4. The Morgan fingerprint density at radius 1 is 0.630 bits per heavy atom. The van der Waals surface area contributed by atoms with Crippen LogP contribution in [-0.4, -0.2) is 18.7 Å². The first-order valence-corrected chi connectivity index (χ1v) is 17.7. The molecule has 10 rings (SSSR count). The van der Waals surface area contributed by atoms with Crippen LogP contribution in [0.3, 0.4) is 0 Å². The number of imidazole rings is 1. The van der Waals surface area contributed by atoms with Gasteiger partial charge in [0.05, 0.1) is 27.6 Å². The molecule has 0 fully saturated rings. The fourth-order valence-electron chi connectivity index (χ4n) is 7.49. The molecule has 6 nitrogen and oxygen atoms in total. The zero-order valence-corrected chi connectivity index (χ0v) is 32.0. The number of rotatable bonds is 3. The molecule has 0 saturated heterocycles. The van der Waals surface area contributed by atoms with Gasteiger partial charge in [-0.25, -0.2) is 4.98 Å². The van der Waals surface area contributed by atoms with Gasteiger partial charge >= 0.3 is 0 Å². The Labute approximate surface area is 331 Å². The van der Waals surface area contributed by atoms with Gasteiger partial charge in [0.25, 0.3) is 0 Å². The molecule has 266 valence electrons. The Hall–Kier alpha value is -5.97. The van der Waals surface area contributed by atoms with Crippen molar-refractivity contribution in [2.75, 3.05) is 0 Å². The van der Waals surface area contributed by atoms with E-state index in [9.17, 15) is 0 Å². The van der Waals surface area contributed by atoms with Crippen molar-refractivity contribution in [3.05, 3.63) is 164 Å². The molecule has 0 spiro atoms. The summed E-state index contributed by atoms with van der Waals surface area (Å²) < 4.78 is 38.8. The fraction of sp³-hybridized carbons (Fsp3) is 0.106. The molecule has 0 saturated carbocycles. The van der Waals surface area contributed by atoms with E-state index in [0.717, 1.165) is 49.6 Å². The van der Waals surface area contributed by atoms with Crippen molar-refractivity contribution < 1.29 is 34.2 Å². The van der Waals surface area contributed by atoms with E-state index >= 15 is 0 Å². The van der Waals surface area contributed by atoms with E-state index in [-0.39, 0.29) is 26.5 Å². The topological polar surface area (TPSA) is 44.7 Å². The monoisotopic (exact) mass is 883 g/mol. The molecule has 0 aliphatic rings. The number of hydrogen-bond donors (Lipinski definition) is 0. The average molecular weight is 884 g/mol. The first kappa shape index (κ1) is 30.5. The minimum absolute atomic E-state index is 0. The minimum Gasteiger partial charge on any atom is -0.514 e. The minimum atomic E-state index is -2.43. The zero-order chi connectivity index (χ0) is 38.3. The third kappa shape index (κ3) is 5.35. The van der Waals surface area contributed by atoms with E-state index in [4.69, 9.17) is 13.5 Å². The fourth-order valence-corrected chi connectivity index (χ4v) is 7.49. The number of aryl methyl sites for hydroxylation is 1. The van der Waals surface area contributed by atoms with Crippen LogP contribution in [0.5, 0.6) is 0 Å². The molecule has 10 aromatic rings. The van der Waals surface area contributed by atoms with Crippen LogP contribution in [0, 0.1) is 18.5 Å². The predicted octanol–water partition coefficient (Wildman–Crippen LogP) is 10.6. The van der Waals surface area contributed by atoms with Gasteiger partial charge in [-0.05, 0) is 52.2 Å². The Morgan fingerprint density at radius 3 is 2.06 bits per heavy atom. The standard InChI is InChI=1S/C47H35N5O.Pt/c1-47(2,3)31-25-26-48-46(27-31)52-39-17-9-5-13-34(39)36-23-21-33(29-42(36)52)51-38-16-8-6-14-35(38)37-15-7-12-20-44(37)53-45-24-22-32(28-43(45)51)50-30-49(4)40-18-10-11-19-41(40)50;/h5-27H,1-4H3;/q-2;/i4D3;. The zero-order valence-electron chi connectivity index (χ0n) is 32.7. The van der Waals surface area contributed by atoms with Gasteiger partial charge in [0.2, 0.25) is 6.33 Å². The molecule has 0 radical (unpaired) electrons. The molecule has 0 atom stereocenters. The van der Waals surface area contributed by atoms with Crippen molar-refractivity contribution in [2.45, 2.75) is 26.2 Å². The molecular weight excluding hydrogens is 846 g/mol. The number of fused-ring (bicyclic) bond motifs is 8. The molecule has 4 aromatic heterocycles. The molecule has 0 bridgehead atoms. The average Bonchev–Trinajstić information content (AvgIpc) is 3.75. The first-order chi connectivity index (χ1) is 27.0. The number of benzene rings is 6. The Morgan fingerprint density at radius 2 is 1.28 bits per heavy atom. The van der Waals surface area contributed by atoms with Gasteiger partial charge in [-0.3, -0.25) is 0 Å². The summed E-state index contributed by atoms with van der Waals surface area (Å²) in [6, 6.07) is 51.9. The summed E-state index contributed by atoms with van der Waals surface area (Å²) in [7, 11) is 0. The molecule has 4 heterocycles. The second-order valence-electron chi connectivity index (χ2n) is 14.4. The van der Waals surface area contributed by atoms with Crippen LogP contribution >= 0.6 is 0 Å². The summed E-state index contributed by atoms with van der Waals surface area (Å²) in [4.78, 5) is 4.91. The number of pyridine rings is 1. The molecule has 7 heteroatoms. The van der Waals surface area contributed by atoms with E-state index < -0.39 is 6.98 Å². The molecule has 0 aliphatic heterocycles. The molecule has 6 aromatic carbocycles. The van der Waals surface area contributed by atoms with E-state index in [0.29, 0.717) is 33.4 Å². The number of para-hydroxylation sites is 5. The van der Waals surface area contributed by atoms with E-state index in [1.807, 2.05) is 66.9 Å². The van der Waals surface area contributed by atoms with Crippen LogP contribution in [0.4, 0.5) is 0 Å². The van der Waals surface area contributed by atoms with E-state index in [1.54, 1.807) is 10.6 Å². The van der Waals surface area contributed by atoms with Gasteiger partial charge in [-0.1, -0.05) is 117 Å². The smallest absolute Gasteiger partial charge is 0.242 e. The molecule has 0 aliphatic carbocycles. The van der Waals surface area contributed by atoms with Crippen LogP contribution in [0.2, 0.25) is 0 Å². The maximum absolute atomic E-state index is 8.26. The van der Waals surface area contributed by atoms with Crippen LogP contribution in [0.1, 0.15) is 30.4 Å². The summed E-state index contributed by atoms with van der Waals surface area (Å²) >= 11 is 0. The summed E-state index contributed by atoms with van der Waals surface area (Å²) in [6.45, 7) is 4.19. The molecule has 0 unspecified atom stereocenters. The molecule has 0 N–H and O–H groups in total. The van der Waals surface area contributed by atoms with Crippen molar-refractivity contribution in [3.63, 3.8) is 0 Å². The van der Waals surface area contributed by atoms with Crippen molar-refractivity contribution in [1.29, 1.82) is 0 Å². The van der Waals surface area contributed by atoms with Gasteiger partial charge < -0.3 is 22.7 Å². The predicted molar refractivity (Wildman–Crippen MR) is 214 cm³/mol. The quantitative estimate of drug-likeness (QED) is 0.131.